The number of likely N-dealkylation sites (N-methyl/N-ethyl adjacent to an activating group) is 2. The number of anilines is 3. The van der Waals surface area contributed by atoms with E-state index in [9.17, 15) is 5.26 Å². The van der Waals surface area contributed by atoms with Crippen molar-refractivity contribution in [2.45, 2.75) is 6.92 Å². The molecule has 0 bridgehead atoms. The number of nitrogens with one attached hydrogen (secondary N) is 2. The lowest BCUT2D eigenvalue weighted by molar-refractivity contribution is 0.416. The summed E-state index contributed by atoms with van der Waals surface area (Å²) in [4.78, 5) is 14.4. The van der Waals surface area contributed by atoms with Gasteiger partial charge < -0.3 is 20.1 Å². The second-order valence-electron chi connectivity index (χ2n) is 9.07. The lowest BCUT2D eigenvalue weighted by Crippen LogP contribution is -2.28. The van der Waals surface area contributed by atoms with Crippen LogP contribution in [0, 0.1) is 18.3 Å². The number of aryl methyl sites for hydroxylation is 1. The molecule has 0 atom stereocenters. The van der Waals surface area contributed by atoms with Gasteiger partial charge in [0.25, 0.3) is 0 Å². The predicted octanol–water partition coefficient (Wildman–Crippen LogP) is 6.37. The van der Waals surface area contributed by atoms with Crippen molar-refractivity contribution in [3.8, 4) is 16.5 Å². The number of hydrogen-bond acceptors (Lipinski definition) is 6. The summed E-state index contributed by atoms with van der Waals surface area (Å²) in [5.74, 6) is 0. The Kier molecular flexibility index (Phi) is 6.16. The number of hydrogen-bond donors (Lipinski definition) is 2. The van der Waals surface area contributed by atoms with Gasteiger partial charge in [0.2, 0.25) is 0 Å². The van der Waals surface area contributed by atoms with Gasteiger partial charge in [-0.05, 0) is 68.5 Å². The molecule has 0 unspecified atom stereocenters. The van der Waals surface area contributed by atoms with E-state index in [-0.39, 0.29) is 0 Å². The molecule has 0 fully saturated rings. The smallest absolute Gasteiger partial charge is 0.126 e. The fourth-order valence-corrected chi connectivity index (χ4v) is 5.29. The van der Waals surface area contributed by atoms with Crippen molar-refractivity contribution < 1.29 is 0 Å². The van der Waals surface area contributed by atoms with Crippen molar-refractivity contribution in [1.82, 2.24) is 14.9 Å². The minimum Gasteiger partial charge on any atom is -0.373 e. The number of pyridine rings is 1. The van der Waals surface area contributed by atoms with E-state index in [1.807, 2.05) is 6.20 Å². The van der Waals surface area contributed by atoms with E-state index in [1.165, 1.54) is 11.1 Å². The van der Waals surface area contributed by atoms with Gasteiger partial charge in [0, 0.05) is 65.1 Å². The van der Waals surface area contributed by atoms with Crippen LogP contribution in [0.5, 0.6) is 0 Å². The van der Waals surface area contributed by atoms with Crippen LogP contribution in [0.1, 0.15) is 11.1 Å². The van der Waals surface area contributed by atoms with Crippen molar-refractivity contribution in [1.29, 1.82) is 5.26 Å². The molecule has 5 rings (SSSR count). The van der Waals surface area contributed by atoms with Gasteiger partial charge in [-0.3, -0.25) is 0 Å². The predicted molar refractivity (Wildman–Crippen MR) is 148 cm³/mol. The van der Waals surface area contributed by atoms with Crippen molar-refractivity contribution >= 4 is 49.5 Å². The Morgan fingerprint density at radius 3 is 2.71 bits per heavy atom. The summed E-state index contributed by atoms with van der Waals surface area (Å²) in [7, 11) is 6.31. The van der Waals surface area contributed by atoms with Crippen molar-refractivity contribution in [2.24, 2.45) is 0 Å². The summed E-state index contributed by atoms with van der Waals surface area (Å²) in [6.45, 7) is 4.04. The Morgan fingerprint density at radius 2 is 1.91 bits per heavy atom. The Morgan fingerprint density at radius 1 is 1.06 bits per heavy atom. The summed E-state index contributed by atoms with van der Waals surface area (Å²) in [6.07, 6.45) is 3.62. The topological polar surface area (TPSA) is 71.0 Å². The SMILES string of the molecule is Cc1c(Nc2c(C#N)cnc3sc(-c4cccc(N(C)CCN(C)C)c4)cc23)ccc2[nH]ccc12. The highest BCUT2D eigenvalue weighted by Crippen LogP contribution is 2.40. The lowest BCUT2D eigenvalue weighted by Gasteiger charge is -2.22. The maximum Gasteiger partial charge on any atom is 0.126 e. The number of rotatable bonds is 7. The van der Waals surface area contributed by atoms with Gasteiger partial charge >= 0.3 is 0 Å². The third-order valence-electron chi connectivity index (χ3n) is 6.40. The molecule has 0 saturated carbocycles. The summed E-state index contributed by atoms with van der Waals surface area (Å²) in [6, 6.07) is 19.3. The number of benzene rings is 2. The summed E-state index contributed by atoms with van der Waals surface area (Å²) >= 11 is 1.65. The van der Waals surface area contributed by atoms with Gasteiger partial charge in [0.05, 0.1) is 11.3 Å². The van der Waals surface area contributed by atoms with Gasteiger partial charge in [-0.25, -0.2) is 4.98 Å². The highest BCUT2D eigenvalue weighted by molar-refractivity contribution is 7.22. The molecule has 0 aliphatic carbocycles. The molecule has 0 spiro atoms. The van der Waals surface area contributed by atoms with E-state index >= 15 is 0 Å². The third kappa shape index (κ3) is 4.46. The minimum absolute atomic E-state index is 0.535. The molecule has 176 valence electrons. The first kappa shape index (κ1) is 22.9. The lowest BCUT2D eigenvalue weighted by atomic mass is 10.1. The quantitative estimate of drug-likeness (QED) is 0.283. The largest absolute Gasteiger partial charge is 0.373 e. The van der Waals surface area contributed by atoms with E-state index < -0.39 is 0 Å². The Bertz CT molecular complexity index is 1560. The van der Waals surface area contributed by atoms with E-state index in [1.54, 1.807) is 17.5 Å². The second kappa shape index (κ2) is 9.41. The number of fused-ring (bicyclic) bond motifs is 2. The molecule has 2 aromatic carbocycles. The highest BCUT2D eigenvalue weighted by atomic mass is 32.1. The molecular formula is C28H28N6S. The number of aromatic amines is 1. The standard InChI is InChI=1S/C28H28N6S/c1-18-22-10-11-30-25(22)9-8-24(18)32-27-20(16-29)17-31-28-23(27)15-26(35-28)19-6-5-7-21(14-19)34(4)13-12-33(2)3/h5-11,14-15,17,30H,12-13H2,1-4H3,(H,31,32). The van der Waals surface area contributed by atoms with Gasteiger partial charge in [-0.1, -0.05) is 12.1 Å². The molecule has 3 aromatic heterocycles. The summed E-state index contributed by atoms with van der Waals surface area (Å²) in [5.41, 5.74) is 6.89. The second-order valence-corrected chi connectivity index (χ2v) is 10.1. The van der Waals surface area contributed by atoms with Gasteiger partial charge in [0.15, 0.2) is 0 Å². The molecule has 35 heavy (non-hydrogen) atoms. The fourth-order valence-electron chi connectivity index (χ4n) is 4.28. The van der Waals surface area contributed by atoms with Crippen LogP contribution in [0.15, 0.2) is 60.9 Å². The first-order valence-corrected chi connectivity index (χ1v) is 12.4. The van der Waals surface area contributed by atoms with Crippen molar-refractivity contribution in [3.05, 3.63) is 72.1 Å². The molecule has 2 N–H and O–H groups in total. The van der Waals surface area contributed by atoms with Crippen LogP contribution in [0.3, 0.4) is 0 Å². The van der Waals surface area contributed by atoms with Crippen molar-refractivity contribution in [2.75, 3.05) is 44.4 Å². The first-order chi connectivity index (χ1) is 16.9. The Hall–Kier alpha value is -3.86. The molecular weight excluding hydrogens is 452 g/mol. The molecule has 0 amide bonds. The molecule has 5 aromatic rings. The van der Waals surface area contributed by atoms with Crippen molar-refractivity contribution in [3.63, 3.8) is 0 Å². The summed E-state index contributed by atoms with van der Waals surface area (Å²) < 4.78 is 0. The highest BCUT2D eigenvalue weighted by Gasteiger charge is 2.16. The Labute approximate surface area is 209 Å². The molecule has 0 saturated heterocycles. The minimum atomic E-state index is 0.535. The monoisotopic (exact) mass is 480 g/mol. The van der Waals surface area contributed by atoms with Crippen LogP contribution in [-0.4, -0.2) is 49.1 Å². The van der Waals surface area contributed by atoms with Crippen LogP contribution in [-0.2, 0) is 0 Å². The number of nitrogens with zero attached hydrogens (tertiary/aromatic N) is 4. The maximum absolute atomic E-state index is 9.83. The number of aromatic nitrogens is 2. The van der Waals surface area contributed by atoms with Crippen LogP contribution in [0.25, 0.3) is 31.6 Å². The third-order valence-corrected chi connectivity index (χ3v) is 7.49. The maximum atomic E-state index is 9.83. The van der Waals surface area contributed by atoms with Crippen LogP contribution in [0.2, 0.25) is 0 Å². The Balaban J connectivity index is 1.53. The zero-order chi connectivity index (χ0) is 24.5. The molecule has 0 aliphatic heterocycles. The van der Waals surface area contributed by atoms with Gasteiger partial charge in [0.1, 0.15) is 10.9 Å². The average molecular weight is 481 g/mol. The number of thiophene rings is 1. The first-order valence-electron chi connectivity index (χ1n) is 11.6. The molecule has 6 nitrogen and oxygen atoms in total. The normalized spacial score (nSPS) is 11.3. The van der Waals surface area contributed by atoms with Gasteiger partial charge in [-0.15, -0.1) is 11.3 Å². The molecule has 0 radical (unpaired) electrons. The van der Waals surface area contributed by atoms with Gasteiger partial charge in [-0.2, -0.15) is 5.26 Å². The number of nitriles is 1. The fraction of sp³-hybridized carbons (Fsp3) is 0.214. The van der Waals surface area contributed by atoms with E-state index in [0.717, 1.165) is 56.2 Å². The van der Waals surface area contributed by atoms with E-state index in [0.29, 0.717) is 5.56 Å². The van der Waals surface area contributed by atoms with E-state index in [4.69, 9.17) is 0 Å². The van der Waals surface area contributed by atoms with Crippen LogP contribution in [0.4, 0.5) is 17.1 Å². The summed E-state index contributed by atoms with van der Waals surface area (Å²) in [5, 5.41) is 15.5. The zero-order valence-electron chi connectivity index (χ0n) is 20.4. The van der Waals surface area contributed by atoms with E-state index in [2.05, 4.69) is 108 Å². The number of H-pyrrole nitrogens is 1. The zero-order valence-corrected chi connectivity index (χ0v) is 21.2. The van der Waals surface area contributed by atoms with Crippen LogP contribution >= 0.6 is 11.3 Å². The van der Waals surface area contributed by atoms with Crippen LogP contribution < -0.4 is 10.2 Å². The molecule has 7 heteroatoms. The average Bonchev–Trinajstić information content (AvgIpc) is 3.52. The molecule has 0 aliphatic rings. The molecule has 3 heterocycles.